The van der Waals surface area contributed by atoms with Crippen LogP contribution in [0.5, 0.6) is 0 Å². The summed E-state index contributed by atoms with van der Waals surface area (Å²) in [6.45, 7) is 6.11. The third-order valence-electron chi connectivity index (χ3n) is 2.90. The van der Waals surface area contributed by atoms with E-state index in [1.807, 2.05) is 37.8 Å². The fraction of sp³-hybridized carbons (Fsp3) is 0.385. The maximum absolute atomic E-state index is 11.2. The largest absolute Gasteiger partial charge is 0.397 e. The van der Waals surface area contributed by atoms with Crippen molar-refractivity contribution in [3.05, 3.63) is 17.1 Å². The molecule has 0 atom stereocenters. The molecule has 5 nitrogen and oxygen atoms in total. The molecule has 0 saturated heterocycles. The molecule has 4 N–H and O–H groups in total. The summed E-state index contributed by atoms with van der Waals surface area (Å²) < 4.78 is 1.06. The number of rotatable bonds is 4. The van der Waals surface area contributed by atoms with Crippen molar-refractivity contribution in [1.29, 1.82) is 0 Å². The molecular weight excluding hydrogens is 260 g/mol. The number of carbonyl (C=O) groups is 1. The van der Waals surface area contributed by atoms with E-state index in [4.69, 9.17) is 11.5 Å². The van der Waals surface area contributed by atoms with Gasteiger partial charge in [-0.15, -0.1) is 11.3 Å². The van der Waals surface area contributed by atoms with Crippen molar-refractivity contribution in [2.24, 2.45) is 5.73 Å². The number of amides is 1. The van der Waals surface area contributed by atoms with Crippen LogP contribution in [0.3, 0.4) is 0 Å². The maximum Gasteiger partial charge on any atom is 0.236 e. The zero-order valence-corrected chi connectivity index (χ0v) is 12.1. The molecule has 0 radical (unpaired) electrons. The molecule has 102 valence electrons. The van der Waals surface area contributed by atoms with Gasteiger partial charge in [-0.2, -0.15) is 0 Å². The summed E-state index contributed by atoms with van der Waals surface area (Å²) in [7, 11) is 0. The lowest BCUT2D eigenvalue weighted by Crippen LogP contribution is -2.39. The second-order valence-electron chi connectivity index (χ2n) is 4.80. The van der Waals surface area contributed by atoms with E-state index in [0.29, 0.717) is 5.69 Å². The van der Waals surface area contributed by atoms with Gasteiger partial charge in [0.15, 0.2) is 0 Å². The highest BCUT2D eigenvalue weighted by atomic mass is 32.1. The minimum absolute atomic E-state index is 0.131. The van der Waals surface area contributed by atoms with Crippen LogP contribution in [0.2, 0.25) is 0 Å². The molecule has 1 amide bonds. The number of thiazole rings is 1. The van der Waals surface area contributed by atoms with Crippen molar-refractivity contribution in [1.82, 2.24) is 4.98 Å². The first-order valence-electron chi connectivity index (χ1n) is 6.10. The van der Waals surface area contributed by atoms with E-state index in [9.17, 15) is 4.79 Å². The topological polar surface area (TPSA) is 85.2 Å². The number of carbonyl (C=O) groups excluding carboxylic acids is 1. The van der Waals surface area contributed by atoms with Gasteiger partial charge in [0.25, 0.3) is 0 Å². The standard InChI is InChI=1S/C13H18N4OS/c1-7(2)17(6-13(15)18)11-5-10-12(4-9(11)14)19-8(3)16-10/h4-5,7H,6,14H2,1-3H3,(H2,15,18). The molecule has 1 heterocycles. The van der Waals surface area contributed by atoms with Gasteiger partial charge in [-0.1, -0.05) is 0 Å². The Hall–Kier alpha value is -1.82. The summed E-state index contributed by atoms with van der Waals surface area (Å²) in [4.78, 5) is 17.5. The van der Waals surface area contributed by atoms with Crippen LogP contribution in [0, 0.1) is 6.92 Å². The Kier molecular flexibility index (Phi) is 3.61. The molecule has 0 saturated carbocycles. The van der Waals surface area contributed by atoms with E-state index in [2.05, 4.69) is 4.98 Å². The molecule has 2 rings (SSSR count). The lowest BCUT2D eigenvalue weighted by Gasteiger charge is -2.28. The van der Waals surface area contributed by atoms with Crippen LogP contribution in [0.1, 0.15) is 18.9 Å². The SMILES string of the molecule is Cc1nc2cc(N(CC(N)=O)C(C)C)c(N)cc2s1. The second kappa shape index (κ2) is 5.05. The molecule has 2 aromatic rings. The second-order valence-corrected chi connectivity index (χ2v) is 6.03. The van der Waals surface area contributed by atoms with Crippen LogP contribution < -0.4 is 16.4 Å². The monoisotopic (exact) mass is 278 g/mol. The molecule has 6 heteroatoms. The van der Waals surface area contributed by atoms with Crippen molar-refractivity contribution in [3.8, 4) is 0 Å². The van der Waals surface area contributed by atoms with Gasteiger partial charge in [0.1, 0.15) is 0 Å². The molecule has 1 aromatic carbocycles. The minimum atomic E-state index is -0.373. The molecule has 0 aliphatic heterocycles. The van der Waals surface area contributed by atoms with Gasteiger partial charge >= 0.3 is 0 Å². The highest BCUT2D eigenvalue weighted by Crippen LogP contribution is 2.32. The van der Waals surface area contributed by atoms with Crippen LogP contribution in [0.15, 0.2) is 12.1 Å². The molecule has 0 fully saturated rings. The zero-order valence-electron chi connectivity index (χ0n) is 11.3. The Labute approximate surface area is 116 Å². The van der Waals surface area contributed by atoms with Crippen LogP contribution >= 0.6 is 11.3 Å². The third kappa shape index (κ3) is 2.78. The first-order valence-corrected chi connectivity index (χ1v) is 6.91. The third-order valence-corrected chi connectivity index (χ3v) is 3.84. The number of hydrogen-bond acceptors (Lipinski definition) is 5. The van der Waals surface area contributed by atoms with E-state index < -0.39 is 0 Å². The van der Waals surface area contributed by atoms with Crippen molar-refractivity contribution >= 4 is 38.8 Å². The molecule has 19 heavy (non-hydrogen) atoms. The number of nitrogens with two attached hydrogens (primary N) is 2. The molecule has 0 bridgehead atoms. The van der Waals surface area contributed by atoms with E-state index in [1.165, 1.54) is 0 Å². The molecule has 0 aliphatic carbocycles. The number of nitrogen functional groups attached to an aromatic ring is 1. The summed E-state index contributed by atoms with van der Waals surface area (Å²) in [5.41, 5.74) is 13.8. The highest BCUT2D eigenvalue weighted by Gasteiger charge is 2.17. The molecule has 0 spiro atoms. The average Bonchev–Trinajstić information content (AvgIpc) is 2.63. The highest BCUT2D eigenvalue weighted by molar-refractivity contribution is 7.18. The molecular formula is C13H18N4OS. The smallest absolute Gasteiger partial charge is 0.236 e. The summed E-state index contributed by atoms with van der Waals surface area (Å²) in [6.07, 6.45) is 0. The molecule has 0 aliphatic rings. The number of aryl methyl sites for hydroxylation is 1. The number of anilines is 2. The minimum Gasteiger partial charge on any atom is -0.397 e. The lowest BCUT2D eigenvalue weighted by atomic mass is 10.2. The molecule has 1 aromatic heterocycles. The van der Waals surface area contributed by atoms with Crippen LogP contribution in [0.4, 0.5) is 11.4 Å². The first kappa shape index (κ1) is 13.6. The van der Waals surface area contributed by atoms with E-state index in [0.717, 1.165) is 20.9 Å². The van der Waals surface area contributed by atoms with Crippen molar-refractivity contribution < 1.29 is 4.79 Å². The Morgan fingerprint density at radius 1 is 1.47 bits per heavy atom. The number of hydrogen-bond donors (Lipinski definition) is 2. The number of primary amides is 1. The normalized spacial score (nSPS) is 11.2. The lowest BCUT2D eigenvalue weighted by molar-refractivity contribution is -0.116. The zero-order chi connectivity index (χ0) is 14.2. The average molecular weight is 278 g/mol. The maximum atomic E-state index is 11.2. The van der Waals surface area contributed by atoms with Gasteiger partial charge in [0.2, 0.25) is 5.91 Å². The summed E-state index contributed by atoms with van der Waals surface area (Å²) in [5, 5.41) is 0.998. The van der Waals surface area contributed by atoms with Crippen LogP contribution in [-0.2, 0) is 4.79 Å². The van der Waals surface area contributed by atoms with Crippen LogP contribution in [-0.4, -0.2) is 23.5 Å². The summed E-state index contributed by atoms with van der Waals surface area (Å²) >= 11 is 1.61. The predicted octanol–water partition coefficient (Wildman–Crippen LogP) is 1.89. The quantitative estimate of drug-likeness (QED) is 0.836. The van der Waals surface area contributed by atoms with E-state index >= 15 is 0 Å². The van der Waals surface area contributed by atoms with E-state index in [-0.39, 0.29) is 18.5 Å². The van der Waals surface area contributed by atoms with Gasteiger partial charge in [0.05, 0.1) is 33.1 Å². The van der Waals surface area contributed by atoms with Crippen molar-refractivity contribution in [2.45, 2.75) is 26.8 Å². The van der Waals surface area contributed by atoms with Gasteiger partial charge in [0, 0.05) is 6.04 Å². The Bertz CT molecular complexity index is 620. The van der Waals surface area contributed by atoms with Gasteiger partial charge in [-0.05, 0) is 32.9 Å². The number of nitrogens with zero attached hydrogens (tertiary/aromatic N) is 2. The van der Waals surface area contributed by atoms with E-state index in [1.54, 1.807) is 11.3 Å². The summed E-state index contributed by atoms with van der Waals surface area (Å²) in [5.74, 6) is -0.373. The fourth-order valence-electron chi connectivity index (χ4n) is 2.06. The Balaban J connectivity index is 2.51. The Morgan fingerprint density at radius 3 is 2.74 bits per heavy atom. The van der Waals surface area contributed by atoms with Gasteiger partial charge in [-0.3, -0.25) is 4.79 Å². The number of aromatic nitrogens is 1. The number of fused-ring (bicyclic) bond motifs is 1. The predicted molar refractivity (Wildman–Crippen MR) is 80.4 cm³/mol. The summed E-state index contributed by atoms with van der Waals surface area (Å²) in [6, 6.07) is 3.97. The van der Waals surface area contributed by atoms with Crippen molar-refractivity contribution in [3.63, 3.8) is 0 Å². The van der Waals surface area contributed by atoms with Gasteiger partial charge < -0.3 is 16.4 Å². The molecule has 0 unspecified atom stereocenters. The van der Waals surface area contributed by atoms with Gasteiger partial charge in [-0.25, -0.2) is 4.98 Å². The van der Waals surface area contributed by atoms with Crippen molar-refractivity contribution in [2.75, 3.05) is 17.2 Å². The first-order chi connectivity index (χ1) is 8.88. The number of benzene rings is 1. The Morgan fingerprint density at radius 2 is 2.16 bits per heavy atom. The van der Waals surface area contributed by atoms with Crippen LogP contribution in [0.25, 0.3) is 10.2 Å². The fourth-order valence-corrected chi connectivity index (χ4v) is 2.91.